The summed E-state index contributed by atoms with van der Waals surface area (Å²) in [5, 5.41) is 4.09. The molecule has 1 saturated carbocycles. The second-order valence-corrected chi connectivity index (χ2v) is 5.55. The number of aromatic nitrogens is 2. The summed E-state index contributed by atoms with van der Waals surface area (Å²) in [5.74, 6) is 1.94. The van der Waals surface area contributed by atoms with Gasteiger partial charge in [0.1, 0.15) is 5.78 Å². The zero-order valence-electron chi connectivity index (χ0n) is 11.9. The van der Waals surface area contributed by atoms with Gasteiger partial charge in [-0.05, 0) is 19.3 Å². The van der Waals surface area contributed by atoms with Crippen LogP contribution in [0.25, 0.3) is 0 Å². The molecule has 1 aliphatic carbocycles. The van der Waals surface area contributed by atoms with Gasteiger partial charge in [-0.2, -0.15) is 4.98 Å². The molecule has 0 atom stereocenters. The van der Waals surface area contributed by atoms with Crippen LogP contribution in [0.5, 0.6) is 0 Å². The highest BCUT2D eigenvalue weighted by Gasteiger charge is 2.20. The SMILES string of the molecule is CCCC(=O)Cc1nc(C2CCCCCCC2)no1. The van der Waals surface area contributed by atoms with Gasteiger partial charge >= 0.3 is 0 Å². The predicted molar refractivity (Wildman–Crippen MR) is 73.0 cm³/mol. The van der Waals surface area contributed by atoms with Crippen LogP contribution in [0.3, 0.4) is 0 Å². The van der Waals surface area contributed by atoms with Crippen LogP contribution in [0.15, 0.2) is 4.52 Å². The first kappa shape index (κ1) is 14.2. The molecule has 1 aliphatic rings. The lowest BCUT2D eigenvalue weighted by atomic mass is 9.91. The Morgan fingerprint density at radius 2 is 1.89 bits per heavy atom. The molecular weight excluding hydrogens is 240 g/mol. The second kappa shape index (κ2) is 7.41. The Bertz CT molecular complexity index is 393. The maximum absolute atomic E-state index is 11.6. The fourth-order valence-corrected chi connectivity index (χ4v) is 2.76. The third-order valence-electron chi connectivity index (χ3n) is 3.83. The summed E-state index contributed by atoms with van der Waals surface area (Å²) >= 11 is 0. The van der Waals surface area contributed by atoms with E-state index in [9.17, 15) is 4.79 Å². The van der Waals surface area contributed by atoms with E-state index in [1.54, 1.807) is 0 Å². The number of rotatable bonds is 5. The first-order valence-electron chi connectivity index (χ1n) is 7.63. The van der Waals surface area contributed by atoms with Crippen molar-refractivity contribution in [1.29, 1.82) is 0 Å². The first-order chi connectivity index (χ1) is 9.29. The maximum Gasteiger partial charge on any atom is 0.234 e. The summed E-state index contributed by atoms with van der Waals surface area (Å²) in [4.78, 5) is 16.0. The van der Waals surface area contributed by atoms with Crippen molar-refractivity contribution in [2.45, 2.75) is 77.0 Å². The van der Waals surface area contributed by atoms with E-state index in [0.29, 0.717) is 24.7 Å². The molecule has 4 nitrogen and oxygen atoms in total. The second-order valence-electron chi connectivity index (χ2n) is 5.55. The van der Waals surface area contributed by atoms with Crippen LogP contribution in [0.4, 0.5) is 0 Å². The fraction of sp³-hybridized carbons (Fsp3) is 0.800. The molecule has 1 aromatic rings. The molecule has 0 aromatic carbocycles. The summed E-state index contributed by atoms with van der Waals surface area (Å²) in [7, 11) is 0. The Morgan fingerprint density at radius 3 is 2.58 bits per heavy atom. The zero-order valence-corrected chi connectivity index (χ0v) is 11.9. The van der Waals surface area contributed by atoms with Crippen LogP contribution in [-0.4, -0.2) is 15.9 Å². The van der Waals surface area contributed by atoms with Crippen molar-refractivity contribution < 1.29 is 9.32 Å². The predicted octanol–water partition coefficient (Wildman–Crippen LogP) is 3.81. The monoisotopic (exact) mass is 264 g/mol. The molecule has 0 N–H and O–H groups in total. The Kier molecular flexibility index (Phi) is 5.55. The van der Waals surface area contributed by atoms with Gasteiger partial charge in [-0.25, -0.2) is 0 Å². The van der Waals surface area contributed by atoms with Crippen LogP contribution in [-0.2, 0) is 11.2 Å². The van der Waals surface area contributed by atoms with Gasteiger partial charge in [0.2, 0.25) is 5.89 Å². The molecule has 0 unspecified atom stereocenters. The minimum atomic E-state index is 0.190. The molecule has 19 heavy (non-hydrogen) atoms. The van der Waals surface area contributed by atoms with Crippen LogP contribution in [0.2, 0.25) is 0 Å². The number of hydrogen-bond acceptors (Lipinski definition) is 4. The van der Waals surface area contributed by atoms with Gasteiger partial charge in [0.15, 0.2) is 5.82 Å². The Hall–Kier alpha value is -1.19. The van der Waals surface area contributed by atoms with Crippen molar-refractivity contribution in [2.75, 3.05) is 0 Å². The lowest BCUT2D eigenvalue weighted by Gasteiger charge is -2.15. The molecule has 106 valence electrons. The number of carbonyl (C=O) groups is 1. The van der Waals surface area contributed by atoms with E-state index in [1.165, 1.54) is 32.1 Å². The largest absolute Gasteiger partial charge is 0.339 e. The molecule has 1 aromatic heterocycles. The summed E-state index contributed by atoms with van der Waals surface area (Å²) in [5.41, 5.74) is 0. The van der Waals surface area contributed by atoms with E-state index in [4.69, 9.17) is 4.52 Å². The van der Waals surface area contributed by atoms with Gasteiger partial charge in [-0.1, -0.05) is 44.2 Å². The molecule has 1 heterocycles. The summed E-state index contributed by atoms with van der Waals surface area (Å²) in [6.07, 6.45) is 10.6. The van der Waals surface area contributed by atoms with Crippen molar-refractivity contribution in [3.05, 3.63) is 11.7 Å². The minimum absolute atomic E-state index is 0.190. The molecule has 1 fully saturated rings. The van der Waals surface area contributed by atoms with E-state index in [2.05, 4.69) is 10.1 Å². The Morgan fingerprint density at radius 1 is 1.21 bits per heavy atom. The van der Waals surface area contributed by atoms with E-state index in [0.717, 1.165) is 25.1 Å². The molecule has 4 heteroatoms. The fourth-order valence-electron chi connectivity index (χ4n) is 2.76. The lowest BCUT2D eigenvalue weighted by Crippen LogP contribution is -2.05. The normalized spacial score (nSPS) is 17.9. The Balaban J connectivity index is 1.93. The number of carbonyl (C=O) groups excluding carboxylic acids is 1. The standard InChI is InChI=1S/C15H24N2O2/c1-2-8-13(18)11-14-16-15(17-19-14)12-9-6-4-3-5-7-10-12/h12H,2-11H2,1H3. The molecule has 2 rings (SSSR count). The van der Waals surface area contributed by atoms with Crippen LogP contribution < -0.4 is 0 Å². The van der Waals surface area contributed by atoms with E-state index >= 15 is 0 Å². The number of hydrogen-bond donors (Lipinski definition) is 0. The smallest absolute Gasteiger partial charge is 0.234 e. The topological polar surface area (TPSA) is 56.0 Å². The molecular formula is C15H24N2O2. The van der Waals surface area contributed by atoms with E-state index in [-0.39, 0.29) is 5.78 Å². The molecule has 0 amide bonds. The Labute approximate surface area is 115 Å². The highest BCUT2D eigenvalue weighted by Crippen LogP contribution is 2.29. The first-order valence-corrected chi connectivity index (χ1v) is 7.63. The quantitative estimate of drug-likeness (QED) is 0.811. The average Bonchev–Trinajstić information content (AvgIpc) is 2.77. The van der Waals surface area contributed by atoms with E-state index in [1.807, 2.05) is 6.92 Å². The van der Waals surface area contributed by atoms with Gasteiger partial charge in [0.25, 0.3) is 0 Å². The van der Waals surface area contributed by atoms with Crippen molar-refractivity contribution in [3.8, 4) is 0 Å². The molecule has 0 spiro atoms. The van der Waals surface area contributed by atoms with Gasteiger partial charge in [0, 0.05) is 12.3 Å². The van der Waals surface area contributed by atoms with Gasteiger partial charge < -0.3 is 4.52 Å². The molecule has 0 saturated heterocycles. The molecule has 0 bridgehead atoms. The van der Waals surface area contributed by atoms with Gasteiger partial charge in [-0.15, -0.1) is 0 Å². The van der Waals surface area contributed by atoms with Crippen molar-refractivity contribution >= 4 is 5.78 Å². The van der Waals surface area contributed by atoms with Crippen molar-refractivity contribution in [3.63, 3.8) is 0 Å². The summed E-state index contributed by atoms with van der Waals surface area (Å²) < 4.78 is 5.22. The number of ketones is 1. The number of nitrogens with zero attached hydrogens (tertiary/aromatic N) is 2. The van der Waals surface area contributed by atoms with Crippen LogP contribution >= 0.6 is 0 Å². The van der Waals surface area contributed by atoms with Gasteiger partial charge in [0.05, 0.1) is 6.42 Å². The minimum Gasteiger partial charge on any atom is -0.339 e. The third-order valence-corrected chi connectivity index (χ3v) is 3.83. The van der Waals surface area contributed by atoms with Crippen molar-refractivity contribution in [1.82, 2.24) is 10.1 Å². The maximum atomic E-state index is 11.6. The average molecular weight is 264 g/mol. The number of Topliss-reactive ketones (excluding diaryl/α,β-unsaturated/α-hetero) is 1. The van der Waals surface area contributed by atoms with E-state index < -0.39 is 0 Å². The van der Waals surface area contributed by atoms with Gasteiger partial charge in [-0.3, -0.25) is 4.79 Å². The van der Waals surface area contributed by atoms with Crippen molar-refractivity contribution in [2.24, 2.45) is 0 Å². The zero-order chi connectivity index (χ0) is 13.5. The lowest BCUT2D eigenvalue weighted by molar-refractivity contribution is -0.118. The highest BCUT2D eigenvalue weighted by atomic mass is 16.5. The summed E-state index contributed by atoms with van der Waals surface area (Å²) in [6.45, 7) is 2.01. The summed E-state index contributed by atoms with van der Waals surface area (Å²) in [6, 6.07) is 0. The molecule has 0 aliphatic heterocycles. The highest BCUT2D eigenvalue weighted by molar-refractivity contribution is 5.79. The van der Waals surface area contributed by atoms with Crippen LogP contribution in [0, 0.1) is 0 Å². The van der Waals surface area contributed by atoms with Crippen LogP contribution in [0.1, 0.15) is 82.3 Å². The third kappa shape index (κ3) is 4.44. The molecule has 0 radical (unpaired) electrons.